The molecule has 3 rings (SSSR count). The second-order valence-electron chi connectivity index (χ2n) is 8.42. The Labute approximate surface area is 196 Å². The van der Waals surface area contributed by atoms with Crippen LogP contribution < -0.4 is 0 Å². The predicted molar refractivity (Wildman–Crippen MR) is 127 cm³/mol. The number of amides is 1. The number of aryl methyl sites for hydroxylation is 1. The van der Waals surface area contributed by atoms with Crippen LogP contribution in [0.2, 0.25) is 0 Å². The van der Waals surface area contributed by atoms with E-state index in [1.165, 1.54) is 4.31 Å². The summed E-state index contributed by atoms with van der Waals surface area (Å²) in [7, 11) is -3.57. The van der Waals surface area contributed by atoms with Gasteiger partial charge < -0.3 is 9.80 Å². The Balaban J connectivity index is 1.69. The molecule has 33 heavy (non-hydrogen) atoms. The monoisotopic (exact) mass is 466 g/mol. The number of hydrogen-bond acceptors (Lipinski definition) is 5. The van der Waals surface area contributed by atoms with E-state index in [1.54, 1.807) is 35.4 Å². The molecule has 8 heteroatoms. The minimum Gasteiger partial charge on any atom is -0.373 e. The summed E-state index contributed by atoms with van der Waals surface area (Å²) in [6, 6.07) is 18.4. The van der Waals surface area contributed by atoms with E-state index in [0.717, 1.165) is 11.1 Å². The average Bonchev–Trinajstić information content (AvgIpc) is 2.81. The van der Waals surface area contributed by atoms with Crippen LogP contribution in [0.5, 0.6) is 0 Å². The number of nitrogens with zero attached hydrogens (tertiary/aromatic N) is 4. The van der Waals surface area contributed by atoms with Gasteiger partial charge in [0.1, 0.15) is 11.6 Å². The highest BCUT2D eigenvalue weighted by Gasteiger charge is 2.29. The van der Waals surface area contributed by atoms with E-state index in [0.29, 0.717) is 19.6 Å². The summed E-state index contributed by atoms with van der Waals surface area (Å²) in [6.45, 7) is 7.56. The molecule has 0 spiro atoms. The average molecular weight is 467 g/mol. The third kappa shape index (κ3) is 6.01. The summed E-state index contributed by atoms with van der Waals surface area (Å²) < 4.78 is 27.3. The molecule has 0 atom stereocenters. The molecule has 2 aromatic rings. The summed E-state index contributed by atoms with van der Waals surface area (Å²) in [4.78, 5) is 16.9. The van der Waals surface area contributed by atoms with Crippen LogP contribution in [-0.4, -0.2) is 60.7 Å². The maximum absolute atomic E-state index is 13.1. The molecule has 0 aromatic heterocycles. The number of nitriles is 1. The summed E-state index contributed by atoms with van der Waals surface area (Å²) in [5, 5.41) is 9.68. The van der Waals surface area contributed by atoms with Crippen LogP contribution >= 0.6 is 0 Å². The Kier molecular flexibility index (Phi) is 7.90. The predicted octanol–water partition coefficient (Wildman–Crippen LogP) is 3.15. The molecule has 0 unspecified atom stereocenters. The number of benzene rings is 2. The van der Waals surface area contributed by atoms with Gasteiger partial charge in [-0.3, -0.25) is 4.79 Å². The maximum atomic E-state index is 13.1. The Bertz CT molecular complexity index is 1130. The molecule has 1 amide bonds. The topological polar surface area (TPSA) is 84.7 Å². The zero-order chi connectivity index (χ0) is 24.0. The quantitative estimate of drug-likeness (QED) is 0.462. The van der Waals surface area contributed by atoms with Crippen LogP contribution in [0.25, 0.3) is 0 Å². The molecule has 1 aliphatic rings. The van der Waals surface area contributed by atoms with E-state index in [1.807, 2.05) is 62.1 Å². The second kappa shape index (κ2) is 10.6. The van der Waals surface area contributed by atoms with Gasteiger partial charge >= 0.3 is 0 Å². The molecule has 1 saturated heterocycles. The van der Waals surface area contributed by atoms with Crippen molar-refractivity contribution >= 4 is 15.9 Å². The van der Waals surface area contributed by atoms with Crippen molar-refractivity contribution in [1.82, 2.24) is 14.1 Å². The van der Waals surface area contributed by atoms with Crippen LogP contribution in [0, 0.1) is 18.3 Å². The molecule has 0 N–H and O–H groups in total. The number of carbonyl (C=O) groups is 1. The van der Waals surface area contributed by atoms with Gasteiger partial charge in [-0.1, -0.05) is 48.0 Å². The standard InChI is InChI=1S/C25H30N4O3S/c1-20(2)29(18-22-7-5-4-6-8-22)25(30)23(17-26)19-27-13-15-28(16-14-27)33(31,32)24-11-9-21(3)10-12-24/h4-12,19-20H,13-16,18H2,1-3H3/b23-19-. The van der Waals surface area contributed by atoms with Gasteiger partial charge in [-0.05, 0) is 38.5 Å². The number of rotatable bonds is 7. The normalized spacial score (nSPS) is 15.4. The van der Waals surface area contributed by atoms with Crippen molar-refractivity contribution in [2.75, 3.05) is 26.2 Å². The Morgan fingerprint density at radius 2 is 1.67 bits per heavy atom. The van der Waals surface area contributed by atoms with E-state index in [2.05, 4.69) is 0 Å². The highest BCUT2D eigenvalue weighted by molar-refractivity contribution is 7.89. The van der Waals surface area contributed by atoms with E-state index in [9.17, 15) is 18.5 Å². The van der Waals surface area contributed by atoms with Crippen molar-refractivity contribution in [1.29, 1.82) is 5.26 Å². The van der Waals surface area contributed by atoms with E-state index < -0.39 is 10.0 Å². The molecule has 0 aliphatic carbocycles. The van der Waals surface area contributed by atoms with E-state index in [4.69, 9.17) is 0 Å². The fourth-order valence-electron chi connectivity index (χ4n) is 3.67. The summed E-state index contributed by atoms with van der Waals surface area (Å²) in [6.07, 6.45) is 1.57. The first-order valence-corrected chi connectivity index (χ1v) is 12.4. The molecule has 0 saturated carbocycles. The number of carbonyl (C=O) groups excluding carboxylic acids is 1. The number of sulfonamides is 1. The van der Waals surface area contributed by atoms with Crippen LogP contribution in [0.4, 0.5) is 0 Å². The van der Waals surface area contributed by atoms with Gasteiger partial charge in [0.05, 0.1) is 4.90 Å². The Hall–Kier alpha value is -3.15. The third-order valence-corrected chi connectivity index (χ3v) is 7.59. The van der Waals surface area contributed by atoms with Crippen molar-refractivity contribution in [3.8, 4) is 6.07 Å². The van der Waals surface area contributed by atoms with Gasteiger partial charge in [0.25, 0.3) is 5.91 Å². The summed E-state index contributed by atoms with van der Waals surface area (Å²) in [5.41, 5.74) is 2.04. The fourth-order valence-corrected chi connectivity index (χ4v) is 5.09. The van der Waals surface area contributed by atoms with Crippen molar-refractivity contribution in [2.24, 2.45) is 0 Å². The molecule has 1 heterocycles. The van der Waals surface area contributed by atoms with Crippen LogP contribution in [0.15, 0.2) is 71.3 Å². The zero-order valence-electron chi connectivity index (χ0n) is 19.3. The molecule has 1 aliphatic heterocycles. The van der Waals surface area contributed by atoms with Crippen molar-refractivity contribution in [2.45, 2.75) is 38.3 Å². The van der Waals surface area contributed by atoms with Crippen LogP contribution in [0.1, 0.15) is 25.0 Å². The molecule has 1 fully saturated rings. The lowest BCUT2D eigenvalue weighted by Crippen LogP contribution is -2.47. The van der Waals surface area contributed by atoms with Gasteiger partial charge in [0.2, 0.25) is 10.0 Å². The first-order valence-electron chi connectivity index (χ1n) is 11.0. The van der Waals surface area contributed by atoms with Crippen LogP contribution in [-0.2, 0) is 21.4 Å². The Morgan fingerprint density at radius 1 is 1.06 bits per heavy atom. The van der Waals surface area contributed by atoms with Crippen LogP contribution in [0.3, 0.4) is 0 Å². The fraction of sp³-hybridized carbons (Fsp3) is 0.360. The lowest BCUT2D eigenvalue weighted by molar-refractivity contribution is -0.129. The molecular formula is C25H30N4O3S. The highest BCUT2D eigenvalue weighted by atomic mass is 32.2. The van der Waals surface area contributed by atoms with E-state index in [-0.39, 0.29) is 35.5 Å². The molecule has 0 radical (unpaired) electrons. The lowest BCUT2D eigenvalue weighted by Gasteiger charge is -2.34. The summed E-state index contributed by atoms with van der Waals surface area (Å²) in [5.74, 6) is -0.328. The lowest BCUT2D eigenvalue weighted by atomic mass is 10.1. The van der Waals surface area contributed by atoms with Crippen molar-refractivity contribution < 1.29 is 13.2 Å². The molecule has 174 valence electrons. The van der Waals surface area contributed by atoms with Crippen molar-refractivity contribution in [3.63, 3.8) is 0 Å². The largest absolute Gasteiger partial charge is 0.373 e. The molecule has 7 nitrogen and oxygen atoms in total. The molecule has 2 aromatic carbocycles. The van der Waals surface area contributed by atoms with Gasteiger partial charge in [-0.15, -0.1) is 0 Å². The van der Waals surface area contributed by atoms with E-state index >= 15 is 0 Å². The summed E-state index contributed by atoms with van der Waals surface area (Å²) >= 11 is 0. The second-order valence-corrected chi connectivity index (χ2v) is 10.4. The smallest absolute Gasteiger partial charge is 0.266 e. The van der Waals surface area contributed by atoms with Crippen molar-refractivity contribution in [3.05, 3.63) is 77.5 Å². The molecular weight excluding hydrogens is 436 g/mol. The highest BCUT2D eigenvalue weighted by Crippen LogP contribution is 2.19. The minimum atomic E-state index is -3.57. The molecule has 0 bridgehead atoms. The zero-order valence-corrected chi connectivity index (χ0v) is 20.1. The minimum absolute atomic E-state index is 0.0504. The number of hydrogen-bond donors (Lipinski definition) is 0. The first-order chi connectivity index (χ1) is 15.7. The Morgan fingerprint density at radius 3 is 2.21 bits per heavy atom. The van der Waals surface area contributed by atoms with Gasteiger partial charge in [0, 0.05) is 45.0 Å². The maximum Gasteiger partial charge on any atom is 0.266 e. The van der Waals surface area contributed by atoms with Gasteiger partial charge in [-0.25, -0.2) is 8.42 Å². The number of piperazine rings is 1. The van der Waals surface area contributed by atoms with Gasteiger partial charge in [-0.2, -0.15) is 9.57 Å². The van der Waals surface area contributed by atoms with Gasteiger partial charge in [0.15, 0.2) is 0 Å². The SMILES string of the molecule is Cc1ccc(S(=O)(=O)N2CCN(/C=C(/C#N)C(=O)N(Cc3ccccc3)C(C)C)CC2)cc1. The first kappa shape index (κ1) is 24.5. The third-order valence-electron chi connectivity index (χ3n) is 5.67.